The topological polar surface area (TPSA) is 50.4 Å². The summed E-state index contributed by atoms with van der Waals surface area (Å²) in [5.74, 6) is 0.712. The maximum Gasteiger partial charge on any atom is 0.243 e. The lowest BCUT2D eigenvalue weighted by molar-refractivity contribution is -0.114. The first-order valence-electron chi connectivity index (χ1n) is 9.48. The van der Waals surface area contributed by atoms with Crippen molar-refractivity contribution in [2.45, 2.75) is 20.3 Å². The van der Waals surface area contributed by atoms with Gasteiger partial charge in [-0.25, -0.2) is 0 Å². The first-order valence-corrected chi connectivity index (χ1v) is 9.48. The molecule has 0 aliphatic heterocycles. The maximum absolute atomic E-state index is 12.3. The summed E-state index contributed by atoms with van der Waals surface area (Å²) in [6.07, 6.45) is 0.858. The molecule has 0 spiro atoms. The number of rotatable bonds is 8. The van der Waals surface area contributed by atoms with Crippen molar-refractivity contribution in [3.63, 3.8) is 0 Å². The fraction of sp³-hybridized carbons (Fsp3) is 0.208. The molecule has 0 fully saturated rings. The molecule has 144 valence electrons. The summed E-state index contributed by atoms with van der Waals surface area (Å²) >= 11 is 0. The fourth-order valence-electron chi connectivity index (χ4n) is 3.00. The van der Waals surface area contributed by atoms with Crippen molar-refractivity contribution in [2.24, 2.45) is 0 Å². The molecule has 0 saturated carbocycles. The second-order valence-corrected chi connectivity index (χ2v) is 6.78. The van der Waals surface area contributed by atoms with E-state index in [4.69, 9.17) is 4.74 Å². The largest absolute Gasteiger partial charge is 0.493 e. The molecular weight excluding hydrogens is 348 g/mol. The van der Waals surface area contributed by atoms with Crippen LogP contribution in [-0.4, -0.2) is 19.1 Å². The van der Waals surface area contributed by atoms with Gasteiger partial charge in [0.1, 0.15) is 5.75 Å². The molecule has 0 aromatic heterocycles. The normalized spacial score (nSPS) is 10.4. The summed E-state index contributed by atoms with van der Waals surface area (Å²) in [6, 6.07) is 23.9. The lowest BCUT2D eigenvalue weighted by Crippen LogP contribution is -2.22. The minimum atomic E-state index is -0.0761. The van der Waals surface area contributed by atoms with E-state index >= 15 is 0 Å². The average Bonchev–Trinajstić information content (AvgIpc) is 2.70. The first kappa shape index (κ1) is 19.5. The van der Waals surface area contributed by atoms with Crippen LogP contribution in [-0.2, 0) is 11.2 Å². The molecule has 4 heteroatoms. The zero-order valence-corrected chi connectivity index (χ0v) is 16.4. The lowest BCUT2D eigenvalue weighted by Gasteiger charge is -2.13. The van der Waals surface area contributed by atoms with Crippen molar-refractivity contribution in [3.8, 4) is 5.75 Å². The average molecular weight is 374 g/mol. The lowest BCUT2D eigenvalue weighted by atomic mass is 10.1. The molecule has 0 aliphatic carbocycles. The SMILES string of the molecule is Cc1cccc(C)c1NC(=O)CNc1cccc(OCCc2ccccc2)c1. The summed E-state index contributed by atoms with van der Waals surface area (Å²) in [5, 5.41) is 6.14. The van der Waals surface area contributed by atoms with E-state index in [1.54, 1.807) is 0 Å². The monoisotopic (exact) mass is 374 g/mol. The van der Waals surface area contributed by atoms with Gasteiger partial charge in [-0.2, -0.15) is 0 Å². The number of amides is 1. The molecule has 1 amide bonds. The van der Waals surface area contributed by atoms with Crippen LogP contribution in [0.5, 0.6) is 5.75 Å². The van der Waals surface area contributed by atoms with Crippen molar-refractivity contribution in [1.29, 1.82) is 0 Å². The molecule has 0 radical (unpaired) electrons. The zero-order chi connectivity index (χ0) is 19.8. The van der Waals surface area contributed by atoms with Gasteiger partial charge in [0.25, 0.3) is 0 Å². The summed E-state index contributed by atoms with van der Waals surface area (Å²) in [6.45, 7) is 4.79. The fourth-order valence-corrected chi connectivity index (χ4v) is 3.00. The Hall–Kier alpha value is -3.27. The standard InChI is InChI=1S/C24H26N2O2/c1-18-8-6-9-19(2)24(18)26-23(27)17-25-21-12-7-13-22(16-21)28-15-14-20-10-4-3-5-11-20/h3-13,16,25H,14-15,17H2,1-2H3,(H,26,27). The third-order valence-corrected chi connectivity index (χ3v) is 4.53. The van der Waals surface area contributed by atoms with Crippen molar-refractivity contribution in [3.05, 3.63) is 89.5 Å². The van der Waals surface area contributed by atoms with Gasteiger partial charge in [-0.3, -0.25) is 4.79 Å². The van der Waals surface area contributed by atoms with Gasteiger partial charge in [-0.05, 0) is 42.7 Å². The van der Waals surface area contributed by atoms with E-state index in [0.717, 1.165) is 34.7 Å². The van der Waals surface area contributed by atoms with Gasteiger partial charge >= 0.3 is 0 Å². The molecule has 4 nitrogen and oxygen atoms in total. The van der Waals surface area contributed by atoms with Crippen molar-refractivity contribution < 1.29 is 9.53 Å². The molecular formula is C24H26N2O2. The Kier molecular flexibility index (Phi) is 6.68. The van der Waals surface area contributed by atoms with E-state index in [1.165, 1.54) is 5.56 Å². The van der Waals surface area contributed by atoms with Crippen LogP contribution in [0.1, 0.15) is 16.7 Å². The molecule has 3 aromatic rings. The van der Waals surface area contributed by atoms with Crippen LogP contribution in [0.25, 0.3) is 0 Å². The number of carbonyl (C=O) groups is 1. The molecule has 0 heterocycles. The van der Waals surface area contributed by atoms with Crippen LogP contribution in [0.2, 0.25) is 0 Å². The Bertz CT molecular complexity index is 903. The Morgan fingerprint density at radius 3 is 2.36 bits per heavy atom. The molecule has 0 atom stereocenters. The highest BCUT2D eigenvalue weighted by Crippen LogP contribution is 2.20. The highest BCUT2D eigenvalue weighted by atomic mass is 16.5. The Balaban J connectivity index is 1.49. The summed E-state index contributed by atoms with van der Waals surface area (Å²) in [5.41, 5.74) is 5.10. The van der Waals surface area contributed by atoms with Crippen LogP contribution < -0.4 is 15.4 Å². The van der Waals surface area contributed by atoms with Gasteiger partial charge in [0, 0.05) is 23.9 Å². The van der Waals surface area contributed by atoms with E-state index in [-0.39, 0.29) is 12.5 Å². The molecule has 0 aliphatic rings. The number of para-hydroxylation sites is 1. The molecule has 0 saturated heterocycles. The number of nitrogens with one attached hydrogen (secondary N) is 2. The summed E-state index contributed by atoms with van der Waals surface area (Å²) < 4.78 is 5.84. The Labute approximate surface area is 166 Å². The van der Waals surface area contributed by atoms with Gasteiger partial charge in [0.2, 0.25) is 5.91 Å². The van der Waals surface area contributed by atoms with E-state index in [2.05, 4.69) is 22.8 Å². The summed E-state index contributed by atoms with van der Waals surface area (Å²) in [4.78, 5) is 12.3. The van der Waals surface area contributed by atoms with Crippen LogP contribution in [0, 0.1) is 13.8 Å². The third-order valence-electron chi connectivity index (χ3n) is 4.53. The number of hydrogen-bond donors (Lipinski definition) is 2. The van der Waals surface area contributed by atoms with Crippen LogP contribution in [0.3, 0.4) is 0 Å². The third kappa shape index (κ3) is 5.61. The number of carbonyl (C=O) groups excluding carboxylic acids is 1. The highest BCUT2D eigenvalue weighted by molar-refractivity contribution is 5.95. The zero-order valence-electron chi connectivity index (χ0n) is 16.4. The number of aryl methyl sites for hydroxylation is 2. The first-order chi connectivity index (χ1) is 13.6. The molecule has 3 rings (SSSR count). The number of hydrogen-bond acceptors (Lipinski definition) is 3. The maximum atomic E-state index is 12.3. The van der Waals surface area contributed by atoms with Crippen LogP contribution in [0.15, 0.2) is 72.8 Å². The number of benzene rings is 3. The Morgan fingerprint density at radius 2 is 1.61 bits per heavy atom. The molecule has 3 aromatic carbocycles. The van der Waals surface area contributed by atoms with Crippen LogP contribution >= 0.6 is 0 Å². The predicted molar refractivity (Wildman–Crippen MR) is 115 cm³/mol. The summed E-state index contributed by atoms with van der Waals surface area (Å²) in [7, 11) is 0. The van der Waals surface area contributed by atoms with Crippen LogP contribution in [0.4, 0.5) is 11.4 Å². The van der Waals surface area contributed by atoms with E-state index < -0.39 is 0 Å². The van der Waals surface area contributed by atoms with E-state index in [9.17, 15) is 4.79 Å². The Morgan fingerprint density at radius 1 is 0.893 bits per heavy atom. The van der Waals surface area contributed by atoms with Crippen molar-refractivity contribution in [1.82, 2.24) is 0 Å². The quantitative estimate of drug-likeness (QED) is 0.585. The van der Waals surface area contributed by atoms with Crippen molar-refractivity contribution >= 4 is 17.3 Å². The molecule has 0 bridgehead atoms. The van der Waals surface area contributed by atoms with Crippen molar-refractivity contribution in [2.75, 3.05) is 23.8 Å². The predicted octanol–water partition coefficient (Wildman–Crippen LogP) is 4.98. The molecule has 28 heavy (non-hydrogen) atoms. The van der Waals surface area contributed by atoms with Gasteiger partial charge in [-0.15, -0.1) is 0 Å². The number of anilines is 2. The van der Waals surface area contributed by atoms with Gasteiger partial charge in [0.05, 0.1) is 13.2 Å². The highest BCUT2D eigenvalue weighted by Gasteiger charge is 2.07. The second kappa shape index (κ2) is 9.60. The van der Waals surface area contributed by atoms with Gasteiger partial charge < -0.3 is 15.4 Å². The number of ether oxygens (including phenoxy) is 1. The smallest absolute Gasteiger partial charge is 0.243 e. The molecule has 2 N–H and O–H groups in total. The van der Waals surface area contributed by atoms with E-state index in [0.29, 0.717) is 6.61 Å². The van der Waals surface area contributed by atoms with Gasteiger partial charge in [-0.1, -0.05) is 54.6 Å². The van der Waals surface area contributed by atoms with E-state index in [1.807, 2.05) is 74.5 Å². The second-order valence-electron chi connectivity index (χ2n) is 6.78. The minimum Gasteiger partial charge on any atom is -0.493 e. The van der Waals surface area contributed by atoms with Gasteiger partial charge in [0.15, 0.2) is 0 Å². The minimum absolute atomic E-state index is 0.0761. The molecule has 0 unspecified atom stereocenters.